The Morgan fingerprint density at radius 3 is 2.65 bits per heavy atom. The molecular formula is C18H24N2O3. The van der Waals surface area contributed by atoms with Gasteiger partial charge in [0.1, 0.15) is 5.75 Å². The maximum atomic E-state index is 11.5. The van der Waals surface area contributed by atoms with Crippen molar-refractivity contribution in [3.05, 3.63) is 42.5 Å². The van der Waals surface area contributed by atoms with Crippen molar-refractivity contribution in [2.24, 2.45) is 0 Å². The number of benzene rings is 2. The van der Waals surface area contributed by atoms with Gasteiger partial charge in [-0.3, -0.25) is 0 Å². The highest BCUT2D eigenvalue weighted by Gasteiger charge is 2.01. The van der Waals surface area contributed by atoms with Crippen LogP contribution in [-0.4, -0.2) is 36.9 Å². The highest BCUT2D eigenvalue weighted by Crippen LogP contribution is 2.20. The van der Waals surface area contributed by atoms with Crippen LogP contribution in [0.1, 0.15) is 19.8 Å². The van der Waals surface area contributed by atoms with Gasteiger partial charge in [-0.05, 0) is 42.7 Å². The molecule has 2 rings (SSSR count). The molecule has 0 aliphatic rings. The van der Waals surface area contributed by atoms with E-state index in [1.807, 2.05) is 30.3 Å². The molecular weight excluding hydrogens is 292 g/mol. The van der Waals surface area contributed by atoms with Crippen molar-refractivity contribution < 1.29 is 14.6 Å². The molecule has 3 N–H and O–H groups in total. The molecule has 0 spiro atoms. The van der Waals surface area contributed by atoms with Gasteiger partial charge in [0.2, 0.25) is 0 Å². The summed E-state index contributed by atoms with van der Waals surface area (Å²) in [5.74, 6) is 0.838. The number of carbonyl (C=O) groups excluding carboxylic acids is 1. The lowest BCUT2D eigenvalue weighted by atomic mass is 10.1. The summed E-state index contributed by atoms with van der Waals surface area (Å²) in [6.45, 7) is 3.27. The van der Waals surface area contributed by atoms with Crippen LogP contribution in [0.15, 0.2) is 42.5 Å². The smallest absolute Gasteiger partial charge is 0.314 e. The van der Waals surface area contributed by atoms with Gasteiger partial charge < -0.3 is 20.5 Å². The molecule has 0 aliphatic carbocycles. The Kier molecular flexibility index (Phi) is 6.69. The molecule has 0 aliphatic heterocycles. The van der Waals surface area contributed by atoms with Crippen molar-refractivity contribution in [3.63, 3.8) is 0 Å². The summed E-state index contributed by atoms with van der Waals surface area (Å²) in [5, 5.41) is 16.9. The van der Waals surface area contributed by atoms with Gasteiger partial charge in [0.15, 0.2) is 0 Å². The van der Waals surface area contributed by atoms with Crippen LogP contribution in [-0.2, 0) is 0 Å². The predicted molar refractivity (Wildman–Crippen MR) is 91.8 cm³/mol. The van der Waals surface area contributed by atoms with E-state index < -0.39 is 6.10 Å². The van der Waals surface area contributed by atoms with Crippen molar-refractivity contribution >= 4 is 16.8 Å². The second-order valence-electron chi connectivity index (χ2n) is 5.53. The third-order valence-corrected chi connectivity index (χ3v) is 3.44. The lowest BCUT2D eigenvalue weighted by molar-refractivity contribution is 0.183. The van der Waals surface area contributed by atoms with Crippen molar-refractivity contribution in [2.45, 2.75) is 25.9 Å². The van der Waals surface area contributed by atoms with Gasteiger partial charge in [-0.15, -0.1) is 0 Å². The van der Waals surface area contributed by atoms with E-state index in [9.17, 15) is 4.79 Å². The van der Waals surface area contributed by atoms with Crippen LogP contribution >= 0.6 is 0 Å². The van der Waals surface area contributed by atoms with Crippen LogP contribution in [0.3, 0.4) is 0 Å². The van der Waals surface area contributed by atoms with E-state index in [1.54, 1.807) is 6.92 Å². The first-order chi connectivity index (χ1) is 11.1. The zero-order valence-electron chi connectivity index (χ0n) is 13.4. The highest BCUT2D eigenvalue weighted by molar-refractivity contribution is 5.83. The van der Waals surface area contributed by atoms with Gasteiger partial charge in [0.05, 0.1) is 12.7 Å². The molecule has 124 valence electrons. The first kappa shape index (κ1) is 17.1. The van der Waals surface area contributed by atoms with Gasteiger partial charge in [0.25, 0.3) is 0 Å². The number of nitrogens with one attached hydrogen (secondary N) is 2. The fraction of sp³-hybridized carbons (Fsp3) is 0.389. The minimum absolute atomic E-state index is 0.212. The Morgan fingerprint density at radius 2 is 1.87 bits per heavy atom. The number of rotatable bonds is 8. The molecule has 0 bridgehead atoms. The van der Waals surface area contributed by atoms with Crippen molar-refractivity contribution in [1.82, 2.24) is 10.6 Å². The maximum Gasteiger partial charge on any atom is 0.314 e. The van der Waals surface area contributed by atoms with Gasteiger partial charge in [-0.25, -0.2) is 4.79 Å². The molecule has 5 heteroatoms. The van der Waals surface area contributed by atoms with Crippen LogP contribution in [0.25, 0.3) is 10.8 Å². The summed E-state index contributed by atoms with van der Waals surface area (Å²) >= 11 is 0. The van der Waals surface area contributed by atoms with E-state index in [0.717, 1.165) is 17.6 Å². The van der Waals surface area contributed by atoms with E-state index in [-0.39, 0.29) is 6.03 Å². The third kappa shape index (κ3) is 6.16. The first-order valence-corrected chi connectivity index (χ1v) is 7.96. The molecule has 2 amide bonds. The Hall–Kier alpha value is -2.27. The van der Waals surface area contributed by atoms with Crippen LogP contribution in [0.5, 0.6) is 5.75 Å². The molecule has 0 fully saturated rings. The van der Waals surface area contributed by atoms with Gasteiger partial charge in [0, 0.05) is 13.1 Å². The molecule has 0 saturated carbocycles. The molecule has 1 atom stereocenters. The average molecular weight is 316 g/mol. The molecule has 0 radical (unpaired) electrons. The number of aliphatic hydroxyl groups is 1. The summed E-state index contributed by atoms with van der Waals surface area (Å²) in [6, 6.07) is 14.0. The molecule has 0 saturated heterocycles. The lowest BCUT2D eigenvalue weighted by Crippen LogP contribution is -2.37. The van der Waals surface area contributed by atoms with Crippen molar-refractivity contribution in [2.75, 3.05) is 19.7 Å². The fourth-order valence-corrected chi connectivity index (χ4v) is 2.18. The van der Waals surface area contributed by atoms with Crippen LogP contribution < -0.4 is 15.4 Å². The highest BCUT2D eigenvalue weighted by atomic mass is 16.5. The van der Waals surface area contributed by atoms with Crippen molar-refractivity contribution in [3.8, 4) is 5.75 Å². The number of hydrogen-bond donors (Lipinski definition) is 3. The lowest BCUT2D eigenvalue weighted by Gasteiger charge is -2.10. The summed E-state index contributed by atoms with van der Waals surface area (Å²) in [6.07, 6.45) is 0.889. The Morgan fingerprint density at radius 1 is 1.13 bits per heavy atom. The second kappa shape index (κ2) is 9.00. The Bertz CT molecular complexity index is 628. The molecule has 23 heavy (non-hydrogen) atoms. The fourth-order valence-electron chi connectivity index (χ4n) is 2.18. The second-order valence-corrected chi connectivity index (χ2v) is 5.53. The minimum Gasteiger partial charge on any atom is -0.494 e. The number of ether oxygens (including phenoxy) is 1. The van der Waals surface area contributed by atoms with E-state index in [4.69, 9.17) is 9.84 Å². The summed E-state index contributed by atoms with van der Waals surface area (Å²) in [4.78, 5) is 11.5. The summed E-state index contributed by atoms with van der Waals surface area (Å²) < 4.78 is 5.70. The van der Waals surface area contributed by atoms with Gasteiger partial charge in [-0.1, -0.05) is 30.3 Å². The Labute approximate surface area is 136 Å². The topological polar surface area (TPSA) is 70.6 Å². The van der Waals surface area contributed by atoms with E-state index in [0.29, 0.717) is 26.1 Å². The zero-order chi connectivity index (χ0) is 16.5. The number of hydrogen-bond acceptors (Lipinski definition) is 3. The molecule has 5 nitrogen and oxygen atoms in total. The monoisotopic (exact) mass is 316 g/mol. The molecule has 0 heterocycles. The average Bonchev–Trinajstić information content (AvgIpc) is 2.54. The number of amides is 2. The van der Waals surface area contributed by atoms with Gasteiger partial charge in [-0.2, -0.15) is 0 Å². The number of fused-ring (bicyclic) bond motifs is 1. The van der Waals surface area contributed by atoms with Crippen molar-refractivity contribution in [1.29, 1.82) is 0 Å². The molecule has 1 unspecified atom stereocenters. The van der Waals surface area contributed by atoms with E-state index in [2.05, 4.69) is 22.8 Å². The number of aliphatic hydroxyl groups excluding tert-OH is 1. The summed E-state index contributed by atoms with van der Waals surface area (Å²) in [5.41, 5.74) is 0. The van der Waals surface area contributed by atoms with Crippen LogP contribution in [0.2, 0.25) is 0 Å². The Balaban J connectivity index is 1.62. The minimum atomic E-state index is -0.398. The maximum absolute atomic E-state index is 11.5. The normalized spacial score (nSPS) is 11.9. The van der Waals surface area contributed by atoms with E-state index >= 15 is 0 Å². The first-order valence-electron chi connectivity index (χ1n) is 7.96. The third-order valence-electron chi connectivity index (χ3n) is 3.44. The predicted octanol–water partition coefficient (Wildman–Crippen LogP) is 2.68. The quantitative estimate of drug-likeness (QED) is 0.656. The molecule has 2 aromatic rings. The number of carbonyl (C=O) groups is 1. The largest absolute Gasteiger partial charge is 0.494 e. The van der Waals surface area contributed by atoms with Gasteiger partial charge >= 0.3 is 6.03 Å². The van der Waals surface area contributed by atoms with Crippen LogP contribution in [0.4, 0.5) is 4.79 Å². The standard InChI is InChI=1S/C18H24N2O3/c1-14(21)9-11-20-18(22)19-10-4-12-23-17-8-7-15-5-2-3-6-16(15)13-17/h2-3,5-8,13-14,21H,4,9-12H2,1H3,(H2,19,20,22). The summed E-state index contributed by atoms with van der Waals surface area (Å²) in [7, 11) is 0. The molecule has 0 aromatic heterocycles. The number of urea groups is 1. The molecule has 2 aromatic carbocycles. The van der Waals surface area contributed by atoms with E-state index in [1.165, 1.54) is 5.39 Å². The zero-order valence-corrected chi connectivity index (χ0v) is 13.4. The van der Waals surface area contributed by atoms with Crippen LogP contribution in [0, 0.1) is 0 Å². The SMILES string of the molecule is CC(O)CCNC(=O)NCCCOc1ccc2ccccc2c1.